The van der Waals surface area contributed by atoms with Crippen LogP contribution in [0.4, 0.5) is 0 Å². The quantitative estimate of drug-likeness (QED) is 0.725. The van der Waals surface area contributed by atoms with Gasteiger partial charge in [0, 0.05) is 16.1 Å². The van der Waals surface area contributed by atoms with Crippen molar-refractivity contribution < 1.29 is 4.79 Å². The highest BCUT2D eigenvalue weighted by atomic mass is 79.9. The molecule has 0 radical (unpaired) electrons. The van der Waals surface area contributed by atoms with Gasteiger partial charge in [0.2, 0.25) is 0 Å². The summed E-state index contributed by atoms with van der Waals surface area (Å²) in [6, 6.07) is 0. The monoisotopic (exact) mass is 282 g/mol. The standard InChI is InChI=1S/C8H12Br2O/c1-5(11)8-3-6(8)2-7(10)4-9/h6-8H,2-4H2,1H3/t6-,7+,8+/m1/s1. The van der Waals surface area contributed by atoms with Crippen molar-refractivity contribution in [2.75, 3.05) is 5.33 Å². The van der Waals surface area contributed by atoms with Crippen LogP contribution in [0.25, 0.3) is 0 Å². The van der Waals surface area contributed by atoms with Crippen LogP contribution in [0.1, 0.15) is 19.8 Å². The smallest absolute Gasteiger partial charge is 0.133 e. The zero-order chi connectivity index (χ0) is 8.43. The molecule has 0 spiro atoms. The van der Waals surface area contributed by atoms with Gasteiger partial charge in [0.15, 0.2) is 0 Å². The molecule has 1 fully saturated rings. The molecule has 1 rings (SSSR count). The summed E-state index contributed by atoms with van der Waals surface area (Å²) in [5, 5.41) is 0.980. The number of halogens is 2. The Morgan fingerprint density at radius 3 is 2.73 bits per heavy atom. The summed E-state index contributed by atoms with van der Waals surface area (Å²) in [7, 11) is 0. The van der Waals surface area contributed by atoms with Crippen molar-refractivity contribution in [2.45, 2.75) is 24.6 Å². The Labute approximate surface area is 84.2 Å². The van der Waals surface area contributed by atoms with Gasteiger partial charge in [-0.2, -0.15) is 0 Å². The van der Waals surface area contributed by atoms with Crippen LogP contribution in [0.2, 0.25) is 0 Å². The number of ketones is 1. The van der Waals surface area contributed by atoms with Gasteiger partial charge in [0.1, 0.15) is 5.78 Å². The van der Waals surface area contributed by atoms with Gasteiger partial charge < -0.3 is 0 Å². The molecular weight excluding hydrogens is 272 g/mol. The van der Waals surface area contributed by atoms with Gasteiger partial charge >= 0.3 is 0 Å². The summed E-state index contributed by atoms with van der Waals surface area (Å²) < 4.78 is 0. The SMILES string of the molecule is CC(=O)[C@@H]1C[C@H]1C[C@H](Br)CBr. The lowest BCUT2D eigenvalue weighted by Gasteiger charge is -2.02. The molecule has 3 heteroatoms. The van der Waals surface area contributed by atoms with E-state index in [4.69, 9.17) is 0 Å². The molecule has 0 amide bonds. The second-order valence-electron chi connectivity index (χ2n) is 3.20. The van der Waals surface area contributed by atoms with Gasteiger partial charge in [-0.05, 0) is 25.7 Å². The van der Waals surface area contributed by atoms with E-state index in [9.17, 15) is 4.79 Å². The Morgan fingerprint density at radius 2 is 2.36 bits per heavy atom. The number of rotatable bonds is 4. The van der Waals surface area contributed by atoms with E-state index in [1.165, 1.54) is 0 Å². The summed E-state index contributed by atoms with van der Waals surface area (Å²) in [6.07, 6.45) is 2.25. The van der Waals surface area contributed by atoms with Crippen LogP contribution in [-0.2, 0) is 4.79 Å². The Morgan fingerprint density at radius 1 is 1.73 bits per heavy atom. The average molecular weight is 284 g/mol. The maximum atomic E-state index is 10.9. The fourth-order valence-electron chi connectivity index (χ4n) is 1.40. The maximum Gasteiger partial charge on any atom is 0.133 e. The fraction of sp³-hybridized carbons (Fsp3) is 0.875. The van der Waals surface area contributed by atoms with Crippen LogP contribution >= 0.6 is 31.9 Å². The number of carbonyl (C=O) groups excluding carboxylic acids is 1. The first-order chi connectivity index (χ1) is 5.15. The average Bonchev–Trinajstić information content (AvgIpc) is 2.67. The fourth-order valence-corrected chi connectivity index (χ4v) is 2.14. The number of Topliss-reactive ketones (excluding diaryl/α,β-unsaturated/α-hetero) is 1. The Bertz CT molecular complexity index is 158. The van der Waals surface area contributed by atoms with Crippen molar-refractivity contribution in [1.82, 2.24) is 0 Å². The number of hydrogen-bond donors (Lipinski definition) is 0. The van der Waals surface area contributed by atoms with Crippen LogP contribution in [0, 0.1) is 11.8 Å². The van der Waals surface area contributed by atoms with E-state index in [-0.39, 0.29) is 0 Å². The second-order valence-corrected chi connectivity index (χ2v) is 5.14. The molecule has 0 aromatic heterocycles. The van der Waals surface area contributed by atoms with E-state index in [1.54, 1.807) is 6.92 Å². The first-order valence-electron chi connectivity index (χ1n) is 3.85. The zero-order valence-corrected chi connectivity index (χ0v) is 9.69. The zero-order valence-electron chi connectivity index (χ0n) is 6.52. The molecule has 0 heterocycles. The topological polar surface area (TPSA) is 17.1 Å². The van der Waals surface area contributed by atoms with E-state index in [0.717, 1.165) is 18.2 Å². The molecule has 0 saturated heterocycles. The van der Waals surface area contributed by atoms with Crippen LogP contribution < -0.4 is 0 Å². The van der Waals surface area contributed by atoms with Gasteiger partial charge in [0.25, 0.3) is 0 Å². The largest absolute Gasteiger partial charge is 0.300 e. The highest BCUT2D eigenvalue weighted by Gasteiger charge is 2.40. The summed E-state index contributed by atoms with van der Waals surface area (Å²) in [5.41, 5.74) is 0. The van der Waals surface area contributed by atoms with Crippen molar-refractivity contribution >= 4 is 37.6 Å². The van der Waals surface area contributed by atoms with Crippen LogP contribution in [0.5, 0.6) is 0 Å². The molecule has 11 heavy (non-hydrogen) atoms. The predicted octanol–water partition coefficient (Wildman–Crippen LogP) is 2.76. The van der Waals surface area contributed by atoms with E-state index in [0.29, 0.717) is 22.4 Å². The summed E-state index contributed by atoms with van der Waals surface area (Å²) in [6.45, 7) is 1.70. The van der Waals surface area contributed by atoms with Gasteiger partial charge in [-0.25, -0.2) is 0 Å². The Hall–Kier alpha value is 0.630. The molecule has 1 aliphatic rings. The van der Waals surface area contributed by atoms with Crippen molar-refractivity contribution in [3.8, 4) is 0 Å². The van der Waals surface area contributed by atoms with Crippen LogP contribution in [0.3, 0.4) is 0 Å². The summed E-state index contributed by atoms with van der Waals surface area (Å²) in [4.78, 5) is 11.4. The first-order valence-corrected chi connectivity index (χ1v) is 5.89. The molecular formula is C8H12Br2O. The summed E-state index contributed by atoms with van der Waals surface area (Å²) >= 11 is 6.93. The van der Waals surface area contributed by atoms with E-state index >= 15 is 0 Å². The Balaban J connectivity index is 2.18. The number of alkyl halides is 2. The van der Waals surface area contributed by atoms with Crippen molar-refractivity contribution in [3.63, 3.8) is 0 Å². The van der Waals surface area contributed by atoms with Gasteiger partial charge in [-0.15, -0.1) is 0 Å². The molecule has 64 valence electrons. The minimum absolute atomic E-state index is 0.365. The van der Waals surface area contributed by atoms with Gasteiger partial charge in [-0.1, -0.05) is 31.9 Å². The lowest BCUT2D eigenvalue weighted by molar-refractivity contribution is -0.118. The highest BCUT2D eigenvalue weighted by molar-refractivity contribution is 9.12. The van der Waals surface area contributed by atoms with Gasteiger partial charge in [-0.3, -0.25) is 4.79 Å². The molecule has 0 aromatic carbocycles. The molecule has 1 nitrogen and oxygen atoms in total. The molecule has 0 aliphatic heterocycles. The Kier molecular flexibility index (Phi) is 3.56. The lowest BCUT2D eigenvalue weighted by Crippen LogP contribution is -2.03. The highest BCUT2D eigenvalue weighted by Crippen LogP contribution is 2.43. The third-order valence-electron chi connectivity index (χ3n) is 2.17. The molecule has 1 saturated carbocycles. The maximum absolute atomic E-state index is 10.9. The van der Waals surface area contributed by atoms with E-state index < -0.39 is 0 Å². The normalized spacial score (nSPS) is 31.5. The number of hydrogen-bond acceptors (Lipinski definition) is 1. The molecule has 0 aromatic rings. The third-order valence-corrected chi connectivity index (χ3v) is 4.52. The second kappa shape index (κ2) is 4.04. The minimum Gasteiger partial charge on any atom is -0.300 e. The van der Waals surface area contributed by atoms with Crippen molar-refractivity contribution in [1.29, 1.82) is 0 Å². The van der Waals surface area contributed by atoms with Crippen molar-refractivity contribution in [3.05, 3.63) is 0 Å². The molecule has 0 unspecified atom stereocenters. The molecule has 1 aliphatic carbocycles. The molecule has 0 N–H and O–H groups in total. The third kappa shape index (κ3) is 2.86. The lowest BCUT2D eigenvalue weighted by atomic mass is 10.1. The molecule has 0 bridgehead atoms. The number of carbonyl (C=O) groups is 1. The van der Waals surface area contributed by atoms with Crippen molar-refractivity contribution in [2.24, 2.45) is 11.8 Å². The minimum atomic E-state index is 0.365. The first kappa shape index (κ1) is 9.72. The van der Waals surface area contributed by atoms with Crippen LogP contribution in [-0.4, -0.2) is 15.9 Å². The predicted molar refractivity (Wildman–Crippen MR) is 53.4 cm³/mol. The summed E-state index contributed by atoms with van der Waals surface area (Å²) in [5.74, 6) is 1.41. The van der Waals surface area contributed by atoms with Crippen LogP contribution in [0.15, 0.2) is 0 Å². The van der Waals surface area contributed by atoms with E-state index in [1.807, 2.05) is 0 Å². The van der Waals surface area contributed by atoms with E-state index in [2.05, 4.69) is 31.9 Å². The van der Waals surface area contributed by atoms with Gasteiger partial charge in [0.05, 0.1) is 0 Å². The molecule has 3 atom stereocenters.